The van der Waals surface area contributed by atoms with Crippen molar-refractivity contribution in [1.82, 2.24) is 19.7 Å². The van der Waals surface area contributed by atoms with Gasteiger partial charge in [0.25, 0.3) is 15.6 Å². The molecule has 1 aromatic carbocycles. The summed E-state index contributed by atoms with van der Waals surface area (Å²) in [5, 5.41) is 4.05. The molecule has 0 atom stereocenters. The average molecular weight is 408 g/mol. The van der Waals surface area contributed by atoms with Crippen LogP contribution in [-0.2, 0) is 23.5 Å². The van der Waals surface area contributed by atoms with E-state index in [2.05, 4.69) is 19.8 Å². The van der Waals surface area contributed by atoms with Crippen molar-refractivity contribution in [2.75, 3.05) is 4.72 Å². The lowest BCUT2D eigenvalue weighted by Crippen LogP contribution is -2.14. The van der Waals surface area contributed by atoms with E-state index >= 15 is 0 Å². The number of aromatic nitrogens is 4. The fourth-order valence-electron chi connectivity index (χ4n) is 2.68. The summed E-state index contributed by atoms with van der Waals surface area (Å²) in [5.74, 6) is 0.371. The summed E-state index contributed by atoms with van der Waals surface area (Å²) in [5.41, 5.74) is 1.58. The SMILES string of the molecule is CCc1cc(=O)[nH]c(-c2cccc(NS(=O)(=O)c3c(C)nn(C)c3Cl)c2)n1. The molecule has 2 N–H and O–H groups in total. The molecule has 0 amide bonds. The van der Waals surface area contributed by atoms with Crippen LogP contribution in [0, 0.1) is 6.92 Å². The predicted molar refractivity (Wildman–Crippen MR) is 103 cm³/mol. The molecule has 0 fully saturated rings. The van der Waals surface area contributed by atoms with E-state index in [-0.39, 0.29) is 15.6 Å². The molecule has 0 radical (unpaired) electrons. The van der Waals surface area contributed by atoms with Crippen LogP contribution in [-0.4, -0.2) is 28.2 Å². The maximum absolute atomic E-state index is 12.7. The van der Waals surface area contributed by atoms with Gasteiger partial charge in [-0.1, -0.05) is 30.7 Å². The van der Waals surface area contributed by atoms with Crippen LogP contribution in [0.4, 0.5) is 5.69 Å². The highest BCUT2D eigenvalue weighted by Gasteiger charge is 2.25. The third kappa shape index (κ3) is 3.88. The molecule has 10 heteroatoms. The standard InChI is InChI=1S/C17H18ClN5O3S/c1-4-12-9-14(24)20-17(19-12)11-6-5-7-13(8-11)22-27(25,26)15-10(2)21-23(3)16(15)18/h5-9,22H,4H2,1-3H3,(H,19,20,24). The number of sulfonamides is 1. The van der Waals surface area contributed by atoms with Crippen molar-refractivity contribution in [2.24, 2.45) is 7.05 Å². The first-order valence-corrected chi connectivity index (χ1v) is 10.00. The Balaban J connectivity index is 1.99. The highest BCUT2D eigenvalue weighted by Crippen LogP contribution is 2.27. The molecule has 0 unspecified atom stereocenters. The number of rotatable bonds is 5. The van der Waals surface area contributed by atoms with Gasteiger partial charge >= 0.3 is 0 Å². The van der Waals surface area contributed by atoms with E-state index in [1.807, 2.05) is 6.92 Å². The molecule has 0 aliphatic heterocycles. The molecule has 0 saturated heterocycles. The van der Waals surface area contributed by atoms with E-state index in [9.17, 15) is 13.2 Å². The molecule has 0 spiro atoms. The highest BCUT2D eigenvalue weighted by molar-refractivity contribution is 7.92. The number of aryl methyl sites for hydroxylation is 3. The third-order valence-corrected chi connectivity index (χ3v) is 5.99. The molecule has 142 valence electrons. The van der Waals surface area contributed by atoms with Crippen LogP contribution in [0.15, 0.2) is 40.0 Å². The van der Waals surface area contributed by atoms with E-state index in [0.29, 0.717) is 34.9 Å². The number of benzene rings is 1. The van der Waals surface area contributed by atoms with Gasteiger partial charge < -0.3 is 4.98 Å². The largest absolute Gasteiger partial charge is 0.307 e. The number of hydrogen-bond acceptors (Lipinski definition) is 5. The van der Waals surface area contributed by atoms with Crippen LogP contribution < -0.4 is 10.3 Å². The van der Waals surface area contributed by atoms with Crippen molar-refractivity contribution in [1.29, 1.82) is 0 Å². The fraction of sp³-hybridized carbons (Fsp3) is 0.235. The van der Waals surface area contributed by atoms with Crippen LogP contribution in [0.5, 0.6) is 0 Å². The molecule has 0 saturated carbocycles. The van der Waals surface area contributed by atoms with Gasteiger partial charge in [0.15, 0.2) is 0 Å². The number of nitrogens with one attached hydrogen (secondary N) is 2. The summed E-state index contributed by atoms with van der Waals surface area (Å²) in [6.07, 6.45) is 0.613. The Morgan fingerprint density at radius 3 is 2.67 bits per heavy atom. The maximum Gasteiger partial charge on any atom is 0.266 e. The lowest BCUT2D eigenvalue weighted by molar-refractivity contribution is 0.600. The lowest BCUT2D eigenvalue weighted by Gasteiger charge is -2.10. The number of H-pyrrole nitrogens is 1. The van der Waals surface area contributed by atoms with Crippen molar-refractivity contribution in [2.45, 2.75) is 25.2 Å². The molecule has 0 bridgehead atoms. The summed E-state index contributed by atoms with van der Waals surface area (Å²) < 4.78 is 29.3. The number of aromatic amines is 1. The first-order valence-electron chi connectivity index (χ1n) is 8.14. The lowest BCUT2D eigenvalue weighted by atomic mass is 10.2. The number of anilines is 1. The monoisotopic (exact) mass is 407 g/mol. The van der Waals surface area contributed by atoms with Crippen LogP contribution in [0.1, 0.15) is 18.3 Å². The van der Waals surface area contributed by atoms with Gasteiger partial charge in [-0.05, 0) is 25.5 Å². The van der Waals surface area contributed by atoms with E-state index in [0.717, 1.165) is 0 Å². The van der Waals surface area contributed by atoms with Crippen LogP contribution in [0.2, 0.25) is 5.15 Å². The Morgan fingerprint density at radius 1 is 1.30 bits per heavy atom. The summed E-state index contributed by atoms with van der Waals surface area (Å²) in [6.45, 7) is 3.47. The Bertz CT molecular complexity index is 1170. The van der Waals surface area contributed by atoms with Gasteiger partial charge in [-0.15, -0.1) is 0 Å². The van der Waals surface area contributed by atoms with Crippen molar-refractivity contribution in [3.63, 3.8) is 0 Å². The Hall–Kier alpha value is -2.65. The van der Waals surface area contributed by atoms with Gasteiger partial charge in [-0.3, -0.25) is 14.2 Å². The molecule has 0 aliphatic carbocycles. The zero-order valence-corrected chi connectivity index (χ0v) is 16.5. The molecule has 27 heavy (non-hydrogen) atoms. The van der Waals surface area contributed by atoms with Crippen molar-refractivity contribution < 1.29 is 8.42 Å². The van der Waals surface area contributed by atoms with Gasteiger partial charge in [0.1, 0.15) is 15.9 Å². The molecule has 2 aromatic heterocycles. The van der Waals surface area contributed by atoms with E-state index in [1.54, 1.807) is 38.2 Å². The Kier molecular flexibility index (Phi) is 5.07. The van der Waals surface area contributed by atoms with Crippen molar-refractivity contribution in [3.8, 4) is 11.4 Å². The summed E-state index contributed by atoms with van der Waals surface area (Å²) in [7, 11) is -2.36. The predicted octanol–water partition coefficient (Wildman–Crippen LogP) is 2.50. The Labute approximate surface area is 161 Å². The molecular formula is C17H18ClN5O3S. The van der Waals surface area contributed by atoms with E-state index < -0.39 is 10.0 Å². The maximum atomic E-state index is 12.7. The van der Waals surface area contributed by atoms with Crippen LogP contribution in [0.3, 0.4) is 0 Å². The highest BCUT2D eigenvalue weighted by atomic mass is 35.5. The van der Waals surface area contributed by atoms with Gasteiger partial charge in [0.05, 0.1) is 5.69 Å². The van der Waals surface area contributed by atoms with Crippen molar-refractivity contribution in [3.05, 3.63) is 57.2 Å². The van der Waals surface area contributed by atoms with Gasteiger partial charge in [-0.2, -0.15) is 5.10 Å². The van der Waals surface area contributed by atoms with E-state index in [1.165, 1.54) is 10.7 Å². The van der Waals surface area contributed by atoms with Gasteiger partial charge in [0, 0.05) is 30.1 Å². The van der Waals surface area contributed by atoms with E-state index in [4.69, 9.17) is 11.6 Å². The summed E-state index contributed by atoms with van der Waals surface area (Å²) in [6, 6.07) is 8.03. The summed E-state index contributed by atoms with van der Waals surface area (Å²) in [4.78, 5) is 18.8. The normalized spacial score (nSPS) is 11.6. The van der Waals surface area contributed by atoms with Crippen LogP contribution >= 0.6 is 11.6 Å². The smallest absolute Gasteiger partial charge is 0.266 e. The molecule has 8 nitrogen and oxygen atoms in total. The molecule has 3 aromatic rings. The van der Waals surface area contributed by atoms with Crippen molar-refractivity contribution >= 4 is 27.3 Å². The minimum Gasteiger partial charge on any atom is -0.307 e. The molecule has 2 heterocycles. The zero-order chi connectivity index (χ0) is 19.8. The number of nitrogens with zero attached hydrogens (tertiary/aromatic N) is 3. The second kappa shape index (κ2) is 7.16. The quantitative estimate of drug-likeness (QED) is 0.675. The Morgan fingerprint density at radius 2 is 2.04 bits per heavy atom. The molecule has 0 aliphatic rings. The third-order valence-electron chi connectivity index (χ3n) is 3.91. The minimum absolute atomic E-state index is 0.0257. The van der Waals surface area contributed by atoms with Crippen LogP contribution in [0.25, 0.3) is 11.4 Å². The topological polar surface area (TPSA) is 110 Å². The van der Waals surface area contributed by atoms with Gasteiger partial charge in [0.2, 0.25) is 0 Å². The second-order valence-corrected chi connectivity index (χ2v) is 7.93. The first kappa shape index (κ1) is 19.1. The second-order valence-electron chi connectivity index (χ2n) is 5.95. The average Bonchev–Trinajstić information content (AvgIpc) is 2.86. The van der Waals surface area contributed by atoms with Gasteiger partial charge in [-0.25, -0.2) is 13.4 Å². The number of hydrogen-bond donors (Lipinski definition) is 2. The summed E-state index contributed by atoms with van der Waals surface area (Å²) >= 11 is 6.07. The minimum atomic E-state index is -3.93. The molecular weight excluding hydrogens is 390 g/mol. The number of halogens is 1. The fourth-order valence-corrected chi connectivity index (χ4v) is 4.48. The molecule has 3 rings (SSSR count). The zero-order valence-electron chi connectivity index (χ0n) is 14.9. The first-order chi connectivity index (χ1) is 12.7.